The molecule has 6 heteroatoms. The Morgan fingerprint density at radius 2 is 1.54 bits per heavy atom. The number of hydrogen-bond acceptors (Lipinski definition) is 6. The minimum atomic E-state index is 0.274. The molecule has 2 saturated heterocycles. The molecule has 0 aromatic heterocycles. The van der Waals surface area contributed by atoms with Crippen molar-refractivity contribution in [2.24, 2.45) is 11.8 Å². The Morgan fingerprint density at radius 1 is 0.923 bits per heavy atom. The van der Waals surface area contributed by atoms with Crippen molar-refractivity contribution in [2.75, 3.05) is 73.7 Å². The minimum Gasteiger partial charge on any atom is -0.497 e. The highest BCUT2D eigenvalue weighted by Gasteiger charge is 2.33. The lowest BCUT2D eigenvalue weighted by Crippen LogP contribution is -2.47. The summed E-state index contributed by atoms with van der Waals surface area (Å²) in [6, 6.07) is 6.05. The maximum absolute atomic E-state index is 9.86. The van der Waals surface area contributed by atoms with E-state index in [2.05, 4.69) is 33.9 Å². The smallest absolute Gasteiger partial charge is 0.122 e. The lowest BCUT2D eigenvalue weighted by Gasteiger charge is -2.34. The Kier molecular flexibility index (Phi) is 6.75. The zero-order valence-electron chi connectivity index (χ0n) is 16.4. The van der Waals surface area contributed by atoms with Gasteiger partial charge in [-0.2, -0.15) is 0 Å². The van der Waals surface area contributed by atoms with Crippen LogP contribution in [0.5, 0.6) is 11.5 Å². The second-order valence-electron chi connectivity index (χ2n) is 7.72. The van der Waals surface area contributed by atoms with Gasteiger partial charge in [0.15, 0.2) is 0 Å². The Morgan fingerprint density at radius 3 is 2.12 bits per heavy atom. The van der Waals surface area contributed by atoms with Crippen molar-refractivity contribution in [2.45, 2.75) is 6.54 Å². The zero-order valence-corrected chi connectivity index (χ0v) is 16.4. The van der Waals surface area contributed by atoms with Crippen LogP contribution in [-0.4, -0.2) is 93.5 Å². The van der Waals surface area contributed by atoms with Crippen LogP contribution in [0.3, 0.4) is 0 Å². The maximum Gasteiger partial charge on any atom is 0.122 e. The molecule has 0 bridgehead atoms. The fourth-order valence-electron chi connectivity index (χ4n) is 4.16. The van der Waals surface area contributed by atoms with Crippen LogP contribution in [0.4, 0.5) is 0 Å². The molecule has 1 aromatic rings. The summed E-state index contributed by atoms with van der Waals surface area (Å²) in [5.41, 5.74) is 1.19. The van der Waals surface area contributed by atoms with Gasteiger partial charge in [-0.3, -0.25) is 4.90 Å². The third-order valence-electron chi connectivity index (χ3n) is 5.79. The molecular weight excluding hydrogens is 330 g/mol. The first-order chi connectivity index (χ1) is 12.6. The van der Waals surface area contributed by atoms with Crippen molar-refractivity contribution in [1.29, 1.82) is 0 Å². The van der Waals surface area contributed by atoms with E-state index in [0.717, 1.165) is 63.9 Å². The standard InChI is InChI=1S/C20H33N3O3/c1-21-4-6-22(7-5-21)12-17-13-23(14-18(17)15-24)11-16-8-19(25-2)10-20(9-16)26-3/h8-10,17-18,24H,4-7,11-15H2,1-3H3/t17-,18-/m1/s1. The Balaban J connectivity index is 1.60. The lowest BCUT2D eigenvalue weighted by molar-refractivity contribution is 0.116. The van der Waals surface area contributed by atoms with Gasteiger partial charge in [0.05, 0.1) is 14.2 Å². The summed E-state index contributed by atoms with van der Waals surface area (Å²) < 4.78 is 10.8. The van der Waals surface area contributed by atoms with Crippen molar-refractivity contribution in [3.63, 3.8) is 0 Å². The number of ether oxygens (including phenoxy) is 2. The molecule has 2 heterocycles. The number of rotatable bonds is 7. The summed E-state index contributed by atoms with van der Waals surface area (Å²) in [5.74, 6) is 2.55. The summed E-state index contributed by atoms with van der Waals surface area (Å²) in [6.45, 7) is 8.78. The van der Waals surface area contributed by atoms with Crippen LogP contribution in [0.25, 0.3) is 0 Å². The SMILES string of the molecule is COc1cc(CN2C[C@@H](CN3CCN(C)CC3)[C@@H](CO)C2)cc(OC)c1. The minimum absolute atomic E-state index is 0.274. The fourth-order valence-corrected chi connectivity index (χ4v) is 4.16. The van der Waals surface area contributed by atoms with Gasteiger partial charge in [-0.25, -0.2) is 0 Å². The highest BCUT2D eigenvalue weighted by molar-refractivity contribution is 5.38. The maximum atomic E-state index is 9.86. The second kappa shape index (κ2) is 9.04. The van der Waals surface area contributed by atoms with Crippen molar-refractivity contribution < 1.29 is 14.6 Å². The van der Waals surface area contributed by atoms with Gasteiger partial charge in [0, 0.05) is 65.0 Å². The predicted octanol–water partition coefficient (Wildman–Crippen LogP) is 0.992. The first-order valence-corrected chi connectivity index (χ1v) is 9.57. The quantitative estimate of drug-likeness (QED) is 0.780. The topological polar surface area (TPSA) is 48.4 Å². The Bertz CT molecular complexity index is 553. The fraction of sp³-hybridized carbons (Fsp3) is 0.700. The first-order valence-electron chi connectivity index (χ1n) is 9.57. The molecule has 2 aliphatic rings. The molecule has 0 unspecified atom stereocenters. The molecule has 0 amide bonds. The number of likely N-dealkylation sites (tertiary alicyclic amines) is 1. The molecule has 6 nitrogen and oxygen atoms in total. The molecule has 1 aromatic carbocycles. The van der Waals surface area contributed by atoms with E-state index < -0.39 is 0 Å². The van der Waals surface area contributed by atoms with E-state index in [1.54, 1.807) is 14.2 Å². The van der Waals surface area contributed by atoms with Gasteiger partial charge in [0.25, 0.3) is 0 Å². The number of methoxy groups -OCH3 is 2. The molecule has 146 valence electrons. The van der Waals surface area contributed by atoms with Gasteiger partial charge >= 0.3 is 0 Å². The molecule has 2 atom stereocenters. The van der Waals surface area contributed by atoms with Crippen LogP contribution in [0.15, 0.2) is 18.2 Å². The number of aliphatic hydroxyl groups excluding tert-OH is 1. The zero-order chi connectivity index (χ0) is 18.5. The highest BCUT2D eigenvalue weighted by atomic mass is 16.5. The third-order valence-corrected chi connectivity index (χ3v) is 5.79. The monoisotopic (exact) mass is 363 g/mol. The van der Waals surface area contributed by atoms with Crippen LogP contribution in [0.2, 0.25) is 0 Å². The molecule has 0 saturated carbocycles. The van der Waals surface area contributed by atoms with E-state index >= 15 is 0 Å². The van der Waals surface area contributed by atoms with Crippen LogP contribution < -0.4 is 9.47 Å². The predicted molar refractivity (Wildman–Crippen MR) is 103 cm³/mol. The van der Waals surface area contributed by atoms with E-state index in [1.165, 1.54) is 5.56 Å². The number of aliphatic hydroxyl groups is 1. The van der Waals surface area contributed by atoms with Crippen molar-refractivity contribution in [3.8, 4) is 11.5 Å². The number of piperazine rings is 1. The number of likely N-dealkylation sites (N-methyl/N-ethyl adjacent to an activating group) is 1. The van der Waals surface area contributed by atoms with Gasteiger partial charge in [0.2, 0.25) is 0 Å². The molecule has 2 aliphatic heterocycles. The van der Waals surface area contributed by atoms with Crippen LogP contribution in [-0.2, 0) is 6.54 Å². The van der Waals surface area contributed by atoms with E-state index in [0.29, 0.717) is 11.8 Å². The lowest BCUT2D eigenvalue weighted by atomic mass is 9.96. The molecule has 26 heavy (non-hydrogen) atoms. The number of hydrogen-bond donors (Lipinski definition) is 1. The Labute approximate surface area is 157 Å². The van der Waals surface area contributed by atoms with E-state index in [-0.39, 0.29) is 6.61 Å². The third kappa shape index (κ3) is 4.88. The van der Waals surface area contributed by atoms with Gasteiger partial charge in [-0.15, -0.1) is 0 Å². The molecular formula is C20H33N3O3. The van der Waals surface area contributed by atoms with Crippen molar-refractivity contribution in [3.05, 3.63) is 23.8 Å². The van der Waals surface area contributed by atoms with Gasteiger partial charge in [-0.05, 0) is 36.6 Å². The molecule has 0 aliphatic carbocycles. The first kappa shape index (κ1) is 19.4. The van der Waals surface area contributed by atoms with Gasteiger partial charge < -0.3 is 24.4 Å². The average Bonchev–Trinajstić information content (AvgIpc) is 3.04. The molecule has 3 rings (SSSR count). The summed E-state index contributed by atoms with van der Waals surface area (Å²) in [7, 11) is 5.55. The van der Waals surface area contributed by atoms with Crippen molar-refractivity contribution in [1.82, 2.24) is 14.7 Å². The summed E-state index contributed by atoms with van der Waals surface area (Å²) in [4.78, 5) is 7.40. The van der Waals surface area contributed by atoms with E-state index in [9.17, 15) is 5.11 Å². The number of benzene rings is 1. The molecule has 0 radical (unpaired) electrons. The largest absolute Gasteiger partial charge is 0.497 e. The molecule has 1 N–H and O–H groups in total. The van der Waals surface area contributed by atoms with Gasteiger partial charge in [0.1, 0.15) is 11.5 Å². The number of nitrogens with zero attached hydrogens (tertiary/aromatic N) is 3. The normalized spacial score (nSPS) is 25.5. The molecule has 0 spiro atoms. The summed E-state index contributed by atoms with van der Waals surface area (Å²) in [6.07, 6.45) is 0. The average molecular weight is 364 g/mol. The van der Waals surface area contributed by atoms with Crippen molar-refractivity contribution >= 4 is 0 Å². The Hall–Kier alpha value is -1.34. The van der Waals surface area contributed by atoms with Gasteiger partial charge in [-0.1, -0.05) is 0 Å². The van der Waals surface area contributed by atoms with Crippen LogP contribution >= 0.6 is 0 Å². The van der Waals surface area contributed by atoms with E-state index in [4.69, 9.17) is 9.47 Å². The summed E-state index contributed by atoms with van der Waals surface area (Å²) in [5, 5.41) is 9.86. The van der Waals surface area contributed by atoms with Crippen LogP contribution in [0.1, 0.15) is 5.56 Å². The van der Waals surface area contributed by atoms with Crippen LogP contribution in [0, 0.1) is 11.8 Å². The van der Waals surface area contributed by atoms with E-state index in [1.807, 2.05) is 6.07 Å². The summed E-state index contributed by atoms with van der Waals surface area (Å²) >= 11 is 0. The highest BCUT2D eigenvalue weighted by Crippen LogP contribution is 2.28. The molecule has 2 fully saturated rings. The second-order valence-corrected chi connectivity index (χ2v) is 7.72.